The fraction of sp³-hybridized carbons (Fsp3) is 1.00. The summed E-state index contributed by atoms with van der Waals surface area (Å²) in [5, 5.41) is 0.308. The van der Waals surface area contributed by atoms with E-state index in [9.17, 15) is 0 Å². The molecule has 0 fully saturated rings. The SMILES string of the molecule is CC(C)[Si](O[C@H](C)[C@H](C)S)(C(C)C)C(C)C. The maximum atomic E-state index is 6.55. The van der Waals surface area contributed by atoms with Crippen LogP contribution < -0.4 is 0 Å². The predicted molar refractivity (Wildman–Crippen MR) is 80.0 cm³/mol. The summed E-state index contributed by atoms with van der Waals surface area (Å²) in [5.74, 6) is 0. The zero-order valence-corrected chi connectivity index (χ0v) is 14.1. The Morgan fingerprint density at radius 2 is 1.06 bits per heavy atom. The van der Waals surface area contributed by atoms with E-state index in [4.69, 9.17) is 4.43 Å². The molecule has 0 saturated heterocycles. The van der Waals surface area contributed by atoms with Crippen LogP contribution in [-0.4, -0.2) is 19.7 Å². The third-order valence-electron chi connectivity index (χ3n) is 3.78. The lowest BCUT2D eigenvalue weighted by Crippen LogP contribution is -2.50. The first-order chi connectivity index (χ1) is 7.16. The standard InChI is InChI=1S/C13H30OSSi/c1-9(2)16(10(3)4,11(5)6)14-12(7)13(8)15/h9-13,15H,1-8H3/t12-,13+/m1/s1. The smallest absolute Gasteiger partial charge is 0.200 e. The Morgan fingerprint density at radius 3 is 1.25 bits per heavy atom. The van der Waals surface area contributed by atoms with Gasteiger partial charge in [-0.05, 0) is 23.5 Å². The molecule has 0 spiro atoms. The second-order valence-corrected chi connectivity index (χ2v) is 12.1. The van der Waals surface area contributed by atoms with E-state index in [-0.39, 0.29) is 6.10 Å². The van der Waals surface area contributed by atoms with E-state index in [1.165, 1.54) is 0 Å². The van der Waals surface area contributed by atoms with E-state index in [0.717, 1.165) is 0 Å². The predicted octanol–water partition coefficient (Wildman–Crippen LogP) is 4.89. The summed E-state index contributed by atoms with van der Waals surface area (Å²) in [7, 11) is -1.70. The summed E-state index contributed by atoms with van der Waals surface area (Å²) in [5.41, 5.74) is 1.96. The first kappa shape index (κ1) is 16.5. The third kappa shape index (κ3) is 3.51. The van der Waals surface area contributed by atoms with Crippen LogP contribution in [0.4, 0.5) is 0 Å². The molecule has 2 atom stereocenters. The van der Waals surface area contributed by atoms with Crippen molar-refractivity contribution in [3.05, 3.63) is 0 Å². The fourth-order valence-electron chi connectivity index (χ4n) is 2.83. The van der Waals surface area contributed by atoms with Crippen molar-refractivity contribution < 1.29 is 4.43 Å². The van der Waals surface area contributed by atoms with Gasteiger partial charge in [-0.3, -0.25) is 0 Å². The summed E-state index contributed by atoms with van der Waals surface area (Å²) in [6.45, 7) is 18.2. The minimum atomic E-state index is -1.70. The number of thiol groups is 1. The van der Waals surface area contributed by atoms with E-state index in [2.05, 4.69) is 68.0 Å². The molecule has 0 aromatic heterocycles. The highest BCUT2D eigenvalue weighted by Crippen LogP contribution is 2.43. The Bertz CT molecular complexity index is 180. The molecule has 98 valence electrons. The maximum absolute atomic E-state index is 6.55. The van der Waals surface area contributed by atoms with Crippen LogP contribution in [0, 0.1) is 0 Å². The highest BCUT2D eigenvalue weighted by atomic mass is 32.1. The molecule has 0 aliphatic rings. The van der Waals surface area contributed by atoms with Gasteiger partial charge in [0.25, 0.3) is 0 Å². The van der Waals surface area contributed by atoms with Crippen molar-refractivity contribution in [1.29, 1.82) is 0 Å². The molecular weight excluding hydrogens is 232 g/mol. The number of hydrogen-bond donors (Lipinski definition) is 1. The molecule has 0 aromatic rings. The molecule has 0 radical (unpaired) electrons. The van der Waals surface area contributed by atoms with Crippen LogP contribution in [0.2, 0.25) is 16.6 Å². The van der Waals surface area contributed by atoms with Gasteiger partial charge in [-0.1, -0.05) is 48.5 Å². The van der Waals surface area contributed by atoms with Crippen LogP contribution in [0.1, 0.15) is 55.4 Å². The van der Waals surface area contributed by atoms with Crippen molar-refractivity contribution in [2.45, 2.75) is 83.4 Å². The Balaban J connectivity index is 5.05. The normalized spacial score (nSPS) is 17.2. The molecule has 0 saturated carbocycles. The van der Waals surface area contributed by atoms with Gasteiger partial charge in [-0.2, -0.15) is 12.6 Å². The van der Waals surface area contributed by atoms with Crippen LogP contribution in [-0.2, 0) is 4.43 Å². The average Bonchev–Trinajstić information content (AvgIpc) is 2.11. The van der Waals surface area contributed by atoms with E-state index >= 15 is 0 Å². The van der Waals surface area contributed by atoms with Crippen molar-refractivity contribution in [3.63, 3.8) is 0 Å². The molecule has 0 unspecified atom stereocenters. The number of rotatable bonds is 6. The summed E-state index contributed by atoms with van der Waals surface area (Å²) >= 11 is 4.51. The number of hydrogen-bond acceptors (Lipinski definition) is 2. The highest BCUT2D eigenvalue weighted by molar-refractivity contribution is 7.81. The largest absolute Gasteiger partial charge is 0.412 e. The lowest BCUT2D eigenvalue weighted by atomic mass is 10.3. The molecule has 16 heavy (non-hydrogen) atoms. The van der Waals surface area contributed by atoms with E-state index in [0.29, 0.717) is 21.9 Å². The minimum Gasteiger partial charge on any atom is -0.412 e. The summed E-state index contributed by atoms with van der Waals surface area (Å²) < 4.78 is 6.55. The minimum absolute atomic E-state index is 0.252. The summed E-state index contributed by atoms with van der Waals surface area (Å²) in [6, 6.07) is 0. The van der Waals surface area contributed by atoms with Gasteiger partial charge in [-0.25, -0.2) is 0 Å². The van der Waals surface area contributed by atoms with E-state index < -0.39 is 8.32 Å². The van der Waals surface area contributed by atoms with Gasteiger partial charge in [0.15, 0.2) is 0 Å². The maximum Gasteiger partial charge on any atom is 0.200 e. The van der Waals surface area contributed by atoms with Crippen molar-refractivity contribution in [2.75, 3.05) is 0 Å². The van der Waals surface area contributed by atoms with Crippen LogP contribution in [0.25, 0.3) is 0 Å². The Kier molecular flexibility index (Phi) is 6.67. The summed E-state index contributed by atoms with van der Waals surface area (Å²) in [4.78, 5) is 0. The van der Waals surface area contributed by atoms with Gasteiger partial charge in [0.05, 0.1) is 6.10 Å². The zero-order valence-electron chi connectivity index (χ0n) is 12.2. The molecule has 3 heteroatoms. The topological polar surface area (TPSA) is 9.23 Å². The third-order valence-corrected chi connectivity index (χ3v) is 10.4. The van der Waals surface area contributed by atoms with Gasteiger partial charge in [-0.15, -0.1) is 0 Å². The second kappa shape index (κ2) is 6.46. The Labute approximate surface area is 109 Å². The van der Waals surface area contributed by atoms with Crippen molar-refractivity contribution in [3.8, 4) is 0 Å². The first-order valence-electron chi connectivity index (χ1n) is 6.52. The van der Waals surface area contributed by atoms with Gasteiger partial charge >= 0.3 is 0 Å². The molecule has 0 bridgehead atoms. The molecule has 0 N–H and O–H groups in total. The average molecular weight is 263 g/mol. The molecular formula is C13H30OSSi. The fourth-order valence-corrected chi connectivity index (χ4v) is 8.67. The molecule has 0 amide bonds. The monoisotopic (exact) mass is 262 g/mol. The lowest BCUT2D eigenvalue weighted by molar-refractivity contribution is 0.193. The van der Waals surface area contributed by atoms with E-state index in [1.807, 2.05) is 0 Å². The van der Waals surface area contributed by atoms with Crippen molar-refractivity contribution in [1.82, 2.24) is 0 Å². The molecule has 0 aromatic carbocycles. The molecule has 0 heterocycles. The summed E-state index contributed by atoms with van der Waals surface area (Å²) in [6.07, 6.45) is 0.252. The van der Waals surface area contributed by atoms with Crippen molar-refractivity contribution >= 4 is 20.9 Å². The zero-order chi connectivity index (χ0) is 13.1. The van der Waals surface area contributed by atoms with Gasteiger partial charge in [0, 0.05) is 5.25 Å². The van der Waals surface area contributed by atoms with Crippen LogP contribution in [0.5, 0.6) is 0 Å². The molecule has 0 rings (SSSR count). The molecule has 0 aliphatic heterocycles. The Hall–Kier alpha value is 0.527. The van der Waals surface area contributed by atoms with Gasteiger partial charge < -0.3 is 4.43 Å². The van der Waals surface area contributed by atoms with Gasteiger partial charge in [0.1, 0.15) is 0 Å². The van der Waals surface area contributed by atoms with Gasteiger partial charge in [0.2, 0.25) is 8.32 Å². The van der Waals surface area contributed by atoms with E-state index in [1.54, 1.807) is 0 Å². The Morgan fingerprint density at radius 1 is 0.750 bits per heavy atom. The lowest BCUT2D eigenvalue weighted by Gasteiger charge is -2.44. The first-order valence-corrected chi connectivity index (χ1v) is 9.17. The van der Waals surface area contributed by atoms with Crippen LogP contribution in [0.15, 0.2) is 0 Å². The molecule has 0 aliphatic carbocycles. The molecule has 1 nitrogen and oxygen atoms in total. The van der Waals surface area contributed by atoms with Crippen LogP contribution in [0.3, 0.4) is 0 Å². The van der Waals surface area contributed by atoms with Crippen molar-refractivity contribution in [2.24, 2.45) is 0 Å². The second-order valence-electron chi connectivity index (χ2n) is 5.88. The van der Waals surface area contributed by atoms with Crippen LogP contribution >= 0.6 is 12.6 Å². The quantitative estimate of drug-likeness (QED) is 0.530. The highest BCUT2D eigenvalue weighted by Gasteiger charge is 2.46.